The summed E-state index contributed by atoms with van der Waals surface area (Å²) in [7, 11) is 2.06. The third-order valence-corrected chi connectivity index (χ3v) is 7.40. The molecule has 0 aromatic carbocycles. The number of carbonyl (C=O) groups excluding carboxylic acids is 1. The minimum absolute atomic E-state index is 0.166. The Morgan fingerprint density at radius 3 is 2.86 bits per heavy atom. The Morgan fingerprint density at radius 1 is 1.43 bits per heavy atom. The number of likely N-dealkylation sites (tertiary alicyclic amines) is 1. The minimum atomic E-state index is -0.491. The van der Waals surface area contributed by atoms with Crippen LogP contribution in [0.2, 0.25) is 0 Å². The average molecular weight is 496 g/mol. The standard InChI is InChI=1S/C23H29N9O2S/c1-23(2,25)12-34-20-28-21(35-30-20)29-22(33)32-10-13-6-16(7-14(13)11-32)31(3)18-15(8-24)9-27-19-17(18)4-5-26-19/h4-5,9,13-14,16H,6-7,10-12,25H2,1-3H3,(H,26,27)(H,28,29,30,33)/t13-,14?,16+/m1/s1. The molecule has 2 amide bonds. The van der Waals surface area contributed by atoms with Gasteiger partial charge in [-0.1, -0.05) is 0 Å². The number of rotatable bonds is 6. The topological polar surface area (TPSA) is 149 Å². The molecule has 4 heterocycles. The Morgan fingerprint density at radius 2 is 2.17 bits per heavy atom. The highest BCUT2D eigenvalue weighted by molar-refractivity contribution is 7.10. The summed E-state index contributed by atoms with van der Waals surface area (Å²) in [4.78, 5) is 28.6. The van der Waals surface area contributed by atoms with Crippen LogP contribution in [0.1, 0.15) is 32.3 Å². The van der Waals surface area contributed by atoms with Crippen LogP contribution in [0.3, 0.4) is 0 Å². The van der Waals surface area contributed by atoms with E-state index in [-0.39, 0.29) is 18.6 Å². The Kier molecular flexibility index (Phi) is 5.98. The third kappa shape index (κ3) is 4.74. The lowest BCUT2D eigenvalue weighted by molar-refractivity contribution is 0.218. The van der Waals surface area contributed by atoms with Gasteiger partial charge in [0.2, 0.25) is 5.13 Å². The first kappa shape index (κ1) is 23.3. The smallest absolute Gasteiger partial charge is 0.330 e. The number of fused-ring (bicyclic) bond motifs is 2. The van der Waals surface area contributed by atoms with Crippen LogP contribution in [0.25, 0.3) is 11.0 Å². The predicted molar refractivity (Wildman–Crippen MR) is 133 cm³/mol. The van der Waals surface area contributed by atoms with Gasteiger partial charge in [-0.15, -0.1) is 4.37 Å². The monoisotopic (exact) mass is 495 g/mol. The molecule has 3 aromatic rings. The lowest BCUT2D eigenvalue weighted by Crippen LogP contribution is -2.38. The number of ether oxygens (including phenoxy) is 1. The second-order valence-corrected chi connectivity index (χ2v) is 10.9. The molecule has 0 radical (unpaired) electrons. The van der Waals surface area contributed by atoms with E-state index < -0.39 is 5.54 Å². The number of nitrogens with one attached hydrogen (secondary N) is 2. The maximum Gasteiger partial charge on any atom is 0.330 e. The molecule has 0 spiro atoms. The number of hydrogen-bond donors (Lipinski definition) is 3. The molecule has 11 nitrogen and oxygen atoms in total. The molecule has 12 heteroatoms. The zero-order chi connectivity index (χ0) is 24.7. The summed E-state index contributed by atoms with van der Waals surface area (Å²) >= 11 is 1.09. The van der Waals surface area contributed by atoms with E-state index in [2.05, 4.69) is 42.7 Å². The van der Waals surface area contributed by atoms with E-state index in [0.717, 1.165) is 41.1 Å². The van der Waals surface area contributed by atoms with E-state index >= 15 is 0 Å². The summed E-state index contributed by atoms with van der Waals surface area (Å²) in [5.74, 6) is 0.838. The Hall–Kier alpha value is -3.43. The fourth-order valence-corrected chi connectivity index (χ4v) is 5.64. The SMILES string of the molecule is CN(c1c(C#N)cnc2[nH]ccc12)[C@@H]1CC2CN(C(=O)Nc3nc(OCC(C)(C)N)ns3)C[C@H]2C1. The molecule has 1 unspecified atom stereocenters. The average Bonchev–Trinajstić information content (AvgIpc) is 3.59. The second kappa shape index (κ2) is 8.98. The van der Waals surface area contributed by atoms with Crippen molar-refractivity contribution in [1.29, 1.82) is 5.26 Å². The number of aromatic amines is 1. The van der Waals surface area contributed by atoms with Crippen molar-refractivity contribution in [3.8, 4) is 12.1 Å². The van der Waals surface area contributed by atoms with E-state index in [1.165, 1.54) is 0 Å². The van der Waals surface area contributed by atoms with Crippen LogP contribution in [-0.4, -0.2) is 68.6 Å². The van der Waals surface area contributed by atoms with Crippen molar-refractivity contribution in [3.05, 3.63) is 24.0 Å². The summed E-state index contributed by atoms with van der Waals surface area (Å²) < 4.78 is 9.63. The summed E-state index contributed by atoms with van der Waals surface area (Å²) in [6, 6.07) is 4.62. The molecule has 0 bridgehead atoms. The van der Waals surface area contributed by atoms with Gasteiger partial charge in [-0.25, -0.2) is 9.78 Å². The molecule has 184 valence electrons. The minimum Gasteiger partial charge on any atom is -0.461 e. The Balaban J connectivity index is 1.19. The number of anilines is 2. The number of urea groups is 1. The van der Waals surface area contributed by atoms with Crippen LogP contribution >= 0.6 is 11.5 Å². The predicted octanol–water partition coefficient (Wildman–Crippen LogP) is 2.78. The summed E-state index contributed by atoms with van der Waals surface area (Å²) in [5.41, 5.74) is 7.71. The summed E-state index contributed by atoms with van der Waals surface area (Å²) in [6.45, 7) is 5.40. The van der Waals surface area contributed by atoms with E-state index in [9.17, 15) is 10.1 Å². The molecule has 3 aromatic heterocycles. The highest BCUT2D eigenvalue weighted by Gasteiger charge is 2.44. The molecule has 1 aliphatic heterocycles. The third-order valence-electron chi connectivity index (χ3n) is 6.79. The second-order valence-electron chi connectivity index (χ2n) is 10.1. The van der Waals surface area contributed by atoms with Gasteiger partial charge >= 0.3 is 12.0 Å². The van der Waals surface area contributed by atoms with Gasteiger partial charge in [0, 0.05) is 61.0 Å². The van der Waals surface area contributed by atoms with Crippen molar-refractivity contribution in [3.63, 3.8) is 0 Å². The number of carbonyl (C=O) groups is 1. The van der Waals surface area contributed by atoms with E-state index in [4.69, 9.17) is 10.5 Å². The van der Waals surface area contributed by atoms with E-state index in [0.29, 0.717) is 41.7 Å². The number of H-pyrrole nitrogens is 1. The number of amides is 2. The zero-order valence-electron chi connectivity index (χ0n) is 20.0. The van der Waals surface area contributed by atoms with Crippen molar-refractivity contribution < 1.29 is 9.53 Å². The number of hydrogen-bond acceptors (Lipinski definition) is 9. The van der Waals surface area contributed by atoms with Crippen molar-refractivity contribution in [1.82, 2.24) is 24.2 Å². The molecular weight excluding hydrogens is 466 g/mol. The molecule has 3 atom stereocenters. The zero-order valence-corrected chi connectivity index (χ0v) is 20.8. The maximum atomic E-state index is 12.8. The molecule has 1 saturated carbocycles. The fourth-order valence-electron chi connectivity index (χ4n) is 5.13. The largest absolute Gasteiger partial charge is 0.461 e. The van der Waals surface area contributed by atoms with Crippen molar-refractivity contribution >= 4 is 39.4 Å². The van der Waals surface area contributed by atoms with Crippen molar-refractivity contribution in [2.75, 3.05) is 37.0 Å². The van der Waals surface area contributed by atoms with Crippen LogP contribution in [-0.2, 0) is 0 Å². The molecule has 1 saturated heterocycles. The van der Waals surface area contributed by atoms with Gasteiger partial charge in [-0.3, -0.25) is 5.32 Å². The highest BCUT2D eigenvalue weighted by Crippen LogP contribution is 2.42. The van der Waals surface area contributed by atoms with Gasteiger partial charge in [0.05, 0.1) is 11.3 Å². The molecule has 1 aliphatic carbocycles. The molecule has 2 aliphatic rings. The number of nitriles is 1. The van der Waals surface area contributed by atoms with Crippen molar-refractivity contribution in [2.24, 2.45) is 17.6 Å². The van der Waals surface area contributed by atoms with Gasteiger partial charge in [0.15, 0.2) is 0 Å². The number of aromatic nitrogens is 4. The number of nitrogens with zero attached hydrogens (tertiary/aromatic N) is 6. The maximum absolute atomic E-state index is 12.8. The Labute approximate surface area is 207 Å². The van der Waals surface area contributed by atoms with Crippen LogP contribution in [0.5, 0.6) is 6.01 Å². The highest BCUT2D eigenvalue weighted by atomic mass is 32.1. The number of pyridine rings is 1. The lowest BCUT2D eigenvalue weighted by Gasteiger charge is -2.29. The molecule has 4 N–H and O–H groups in total. The first-order chi connectivity index (χ1) is 16.7. The summed E-state index contributed by atoms with van der Waals surface area (Å²) in [5, 5.41) is 13.9. The van der Waals surface area contributed by atoms with Crippen LogP contribution in [0.4, 0.5) is 15.6 Å². The summed E-state index contributed by atoms with van der Waals surface area (Å²) in [6.07, 6.45) is 5.42. The first-order valence-electron chi connectivity index (χ1n) is 11.6. The molecule has 35 heavy (non-hydrogen) atoms. The molecular formula is C23H29N9O2S. The van der Waals surface area contributed by atoms with E-state index in [1.807, 2.05) is 31.0 Å². The molecule has 2 fully saturated rings. The normalized spacial score (nSPS) is 21.7. The van der Waals surface area contributed by atoms with Crippen LogP contribution in [0, 0.1) is 23.2 Å². The molecule has 5 rings (SSSR count). The van der Waals surface area contributed by atoms with Gasteiger partial charge in [0.1, 0.15) is 18.3 Å². The first-order valence-corrected chi connectivity index (χ1v) is 12.4. The van der Waals surface area contributed by atoms with Gasteiger partial charge in [-0.05, 0) is 44.6 Å². The van der Waals surface area contributed by atoms with Crippen LogP contribution < -0.4 is 20.7 Å². The van der Waals surface area contributed by atoms with E-state index in [1.54, 1.807) is 6.20 Å². The van der Waals surface area contributed by atoms with Gasteiger partial charge in [0.25, 0.3) is 0 Å². The van der Waals surface area contributed by atoms with Crippen LogP contribution in [0.15, 0.2) is 18.5 Å². The van der Waals surface area contributed by atoms with Gasteiger partial charge < -0.3 is 25.3 Å². The van der Waals surface area contributed by atoms with Gasteiger partial charge in [-0.2, -0.15) is 10.2 Å². The number of nitrogens with two attached hydrogens (primary N) is 1. The Bertz CT molecular complexity index is 1260. The lowest BCUT2D eigenvalue weighted by atomic mass is 10.0. The quantitative estimate of drug-likeness (QED) is 0.473. The fraction of sp³-hybridized carbons (Fsp3) is 0.522. The van der Waals surface area contributed by atoms with Crippen molar-refractivity contribution in [2.45, 2.75) is 38.3 Å².